The second-order valence-corrected chi connectivity index (χ2v) is 7.71. The van der Waals surface area contributed by atoms with Crippen molar-refractivity contribution < 1.29 is 9.90 Å². The third kappa shape index (κ3) is 5.23. The summed E-state index contributed by atoms with van der Waals surface area (Å²) in [6.45, 7) is 2.19. The lowest BCUT2D eigenvalue weighted by Crippen LogP contribution is -1.98. The molecule has 2 aromatic carbocycles. The molecular formula is C24H27ClO2. The van der Waals surface area contributed by atoms with Crippen LogP contribution in [-0.2, 0) is 24.1 Å². The number of aliphatic carboxylic acids is 1. The van der Waals surface area contributed by atoms with Crippen molar-refractivity contribution in [1.82, 2.24) is 0 Å². The highest BCUT2D eigenvalue weighted by atomic mass is 35.5. The molecule has 0 radical (unpaired) electrons. The smallest absolute Gasteiger partial charge is 0.303 e. The molecule has 1 aliphatic carbocycles. The molecule has 0 saturated heterocycles. The Kier molecular flexibility index (Phi) is 6.73. The molecule has 0 heterocycles. The van der Waals surface area contributed by atoms with E-state index in [-0.39, 0.29) is 6.42 Å². The molecule has 3 heteroatoms. The highest BCUT2D eigenvalue weighted by Crippen LogP contribution is 2.36. The van der Waals surface area contributed by atoms with E-state index in [4.69, 9.17) is 16.7 Å². The fourth-order valence-electron chi connectivity index (χ4n) is 3.86. The number of rotatable bonds is 8. The Morgan fingerprint density at radius 1 is 1.00 bits per heavy atom. The number of hydrogen-bond donors (Lipinski definition) is 1. The molecule has 2 aromatic rings. The van der Waals surface area contributed by atoms with Crippen molar-refractivity contribution in [2.45, 2.75) is 58.3 Å². The summed E-state index contributed by atoms with van der Waals surface area (Å²) >= 11 is 6.36. The number of allylic oxidation sites excluding steroid dienone is 2. The van der Waals surface area contributed by atoms with Crippen LogP contribution < -0.4 is 0 Å². The minimum absolute atomic E-state index is 0.117. The van der Waals surface area contributed by atoms with Gasteiger partial charge in [-0.3, -0.25) is 4.79 Å². The van der Waals surface area contributed by atoms with Gasteiger partial charge in [0, 0.05) is 11.4 Å². The molecule has 0 aliphatic heterocycles. The molecule has 0 fully saturated rings. The van der Waals surface area contributed by atoms with Crippen molar-refractivity contribution in [3.63, 3.8) is 0 Å². The van der Waals surface area contributed by atoms with Crippen molar-refractivity contribution in [2.24, 2.45) is 0 Å². The van der Waals surface area contributed by atoms with E-state index < -0.39 is 5.97 Å². The number of carboxylic acids is 1. The number of carboxylic acid groups (broad SMARTS) is 1. The lowest BCUT2D eigenvalue weighted by molar-refractivity contribution is -0.136. The highest BCUT2D eigenvalue weighted by Gasteiger charge is 2.16. The normalized spacial score (nSPS) is 14.0. The SMILES string of the molecule is CCc1ccc(C2=C(CCc3ccc(CCC(=O)O)c(Cl)c3)CCC2)cc1. The zero-order valence-corrected chi connectivity index (χ0v) is 16.7. The van der Waals surface area contributed by atoms with Crippen LogP contribution in [0.4, 0.5) is 0 Å². The summed E-state index contributed by atoms with van der Waals surface area (Å²) in [5.41, 5.74) is 8.00. The maximum atomic E-state index is 10.7. The Balaban J connectivity index is 1.67. The summed E-state index contributed by atoms with van der Waals surface area (Å²) in [5.74, 6) is -0.789. The maximum Gasteiger partial charge on any atom is 0.303 e. The Morgan fingerprint density at radius 3 is 2.41 bits per heavy atom. The summed E-state index contributed by atoms with van der Waals surface area (Å²) in [6.07, 6.45) is 7.33. The Bertz CT molecular complexity index is 834. The minimum Gasteiger partial charge on any atom is -0.481 e. The second kappa shape index (κ2) is 9.23. The number of benzene rings is 2. The topological polar surface area (TPSA) is 37.3 Å². The molecular weight excluding hydrogens is 356 g/mol. The first-order chi connectivity index (χ1) is 13.1. The summed E-state index contributed by atoms with van der Waals surface area (Å²) in [6, 6.07) is 15.1. The second-order valence-electron chi connectivity index (χ2n) is 7.31. The number of halogens is 1. The third-order valence-corrected chi connectivity index (χ3v) is 5.84. The third-order valence-electron chi connectivity index (χ3n) is 5.48. The fourth-order valence-corrected chi connectivity index (χ4v) is 4.16. The van der Waals surface area contributed by atoms with Gasteiger partial charge in [-0.2, -0.15) is 0 Å². The van der Waals surface area contributed by atoms with Gasteiger partial charge in [0.05, 0.1) is 0 Å². The van der Waals surface area contributed by atoms with Crippen LogP contribution in [0.3, 0.4) is 0 Å². The van der Waals surface area contributed by atoms with E-state index in [0.29, 0.717) is 11.4 Å². The molecule has 0 saturated carbocycles. The molecule has 2 nitrogen and oxygen atoms in total. The lowest BCUT2D eigenvalue weighted by Gasteiger charge is -2.10. The van der Waals surface area contributed by atoms with Crippen molar-refractivity contribution in [2.75, 3.05) is 0 Å². The monoisotopic (exact) mass is 382 g/mol. The zero-order chi connectivity index (χ0) is 19.2. The molecule has 0 aromatic heterocycles. The maximum absolute atomic E-state index is 10.7. The van der Waals surface area contributed by atoms with Gasteiger partial charge in [0.25, 0.3) is 0 Å². The molecule has 0 spiro atoms. The van der Waals surface area contributed by atoms with E-state index in [1.165, 1.54) is 41.5 Å². The van der Waals surface area contributed by atoms with Crippen LogP contribution >= 0.6 is 11.6 Å². The van der Waals surface area contributed by atoms with Gasteiger partial charge in [-0.05, 0) is 78.8 Å². The van der Waals surface area contributed by atoms with Gasteiger partial charge < -0.3 is 5.11 Å². The highest BCUT2D eigenvalue weighted by molar-refractivity contribution is 6.31. The van der Waals surface area contributed by atoms with Crippen molar-refractivity contribution in [3.8, 4) is 0 Å². The van der Waals surface area contributed by atoms with E-state index >= 15 is 0 Å². The molecule has 0 atom stereocenters. The molecule has 0 unspecified atom stereocenters. The summed E-state index contributed by atoms with van der Waals surface area (Å²) in [4.78, 5) is 10.7. The average Bonchev–Trinajstić information content (AvgIpc) is 3.14. The summed E-state index contributed by atoms with van der Waals surface area (Å²) in [5, 5.41) is 9.51. The molecule has 142 valence electrons. The number of aryl methyl sites for hydroxylation is 3. The van der Waals surface area contributed by atoms with Crippen LogP contribution in [0.15, 0.2) is 48.0 Å². The van der Waals surface area contributed by atoms with E-state index in [1.54, 1.807) is 5.57 Å². The van der Waals surface area contributed by atoms with Gasteiger partial charge in [-0.25, -0.2) is 0 Å². The van der Waals surface area contributed by atoms with Crippen LogP contribution in [0, 0.1) is 0 Å². The van der Waals surface area contributed by atoms with Crippen molar-refractivity contribution >= 4 is 23.1 Å². The van der Waals surface area contributed by atoms with Crippen LogP contribution in [0.5, 0.6) is 0 Å². The molecule has 3 rings (SSSR count). The lowest BCUT2D eigenvalue weighted by atomic mass is 9.96. The molecule has 0 amide bonds. The molecule has 1 aliphatic rings. The number of carbonyl (C=O) groups is 1. The Morgan fingerprint density at radius 2 is 1.74 bits per heavy atom. The standard InChI is InChI=1S/C24H27ClO2/c1-2-17-6-10-20(11-7-17)22-5-3-4-19(22)12-8-18-9-13-21(23(25)16-18)14-15-24(26)27/h6-7,9-11,13,16H,2-5,8,12,14-15H2,1H3,(H,26,27). The van der Waals surface area contributed by atoms with Gasteiger partial charge in [0.2, 0.25) is 0 Å². The molecule has 1 N–H and O–H groups in total. The predicted molar refractivity (Wildman–Crippen MR) is 112 cm³/mol. The summed E-state index contributed by atoms with van der Waals surface area (Å²) in [7, 11) is 0. The first kappa shape index (κ1) is 19.7. The predicted octanol–water partition coefficient (Wildman–Crippen LogP) is 6.49. The zero-order valence-electron chi connectivity index (χ0n) is 15.9. The minimum atomic E-state index is -0.789. The van der Waals surface area contributed by atoms with Gasteiger partial charge in [-0.15, -0.1) is 0 Å². The van der Waals surface area contributed by atoms with Crippen LogP contribution in [0.2, 0.25) is 5.02 Å². The van der Waals surface area contributed by atoms with Crippen molar-refractivity contribution in [3.05, 3.63) is 75.3 Å². The van der Waals surface area contributed by atoms with Crippen LogP contribution in [0.1, 0.15) is 61.3 Å². The number of hydrogen-bond acceptors (Lipinski definition) is 1. The van der Waals surface area contributed by atoms with Gasteiger partial charge in [-0.1, -0.05) is 60.5 Å². The average molecular weight is 383 g/mol. The Labute approximate surface area is 166 Å². The van der Waals surface area contributed by atoms with E-state index in [0.717, 1.165) is 24.8 Å². The van der Waals surface area contributed by atoms with Crippen LogP contribution in [-0.4, -0.2) is 11.1 Å². The van der Waals surface area contributed by atoms with Crippen molar-refractivity contribution in [1.29, 1.82) is 0 Å². The fraction of sp³-hybridized carbons (Fsp3) is 0.375. The van der Waals surface area contributed by atoms with Gasteiger partial charge in [0.1, 0.15) is 0 Å². The van der Waals surface area contributed by atoms with E-state index in [1.807, 2.05) is 12.1 Å². The molecule has 27 heavy (non-hydrogen) atoms. The molecule has 0 bridgehead atoms. The first-order valence-electron chi connectivity index (χ1n) is 9.86. The summed E-state index contributed by atoms with van der Waals surface area (Å²) < 4.78 is 0. The van der Waals surface area contributed by atoms with Crippen LogP contribution in [0.25, 0.3) is 5.57 Å². The van der Waals surface area contributed by atoms with Gasteiger partial charge in [0.15, 0.2) is 0 Å². The van der Waals surface area contributed by atoms with Gasteiger partial charge >= 0.3 is 5.97 Å². The van der Waals surface area contributed by atoms with E-state index in [9.17, 15) is 4.79 Å². The first-order valence-corrected chi connectivity index (χ1v) is 10.2. The Hall–Kier alpha value is -2.06. The largest absolute Gasteiger partial charge is 0.481 e. The quantitative estimate of drug-likeness (QED) is 0.566. The van der Waals surface area contributed by atoms with E-state index in [2.05, 4.69) is 37.3 Å².